The highest BCUT2D eigenvalue weighted by Gasteiger charge is 2.04. The number of rotatable bonds is 2. The molecule has 0 N–H and O–H groups in total. The highest BCUT2D eigenvalue weighted by Crippen LogP contribution is 2.08. The maximum absolute atomic E-state index is 8.84. The molecule has 1 heterocycles. The molecule has 0 aliphatic carbocycles. The SMILES string of the molecule is N#Cc1cnnnc1Cc1ccccc1. The molecule has 0 atom stereocenters. The molecule has 0 fully saturated rings. The quantitative estimate of drug-likeness (QED) is 0.727. The molecule has 0 aliphatic rings. The van der Waals surface area contributed by atoms with Gasteiger partial charge < -0.3 is 0 Å². The molecule has 2 rings (SSSR count). The second-order valence-corrected chi connectivity index (χ2v) is 3.07. The summed E-state index contributed by atoms with van der Waals surface area (Å²) < 4.78 is 0. The second kappa shape index (κ2) is 4.29. The lowest BCUT2D eigenvalue weighted by molar-refractivity contribution is 0.815. The van der Waals surface area contributed by atoms with Crippen LogP contribution in [0, 0.1) is 11.3 Å². The Morgan fingerprint density at radius 3 is 2.73 bits per heavy atom. The topological polar surface area (TPSA) is 62.5 Å². The van der Waals surface area contributed by atoms with Gasteiger partial charge in [-0.05, 0) is 10.8 Å². The Morgan fingerprint density at radius 1 is 1.20 bits per heavy atom. The number of aromatic nitrogens is 3. The summed E-state index contributed by atoms with van der Waals surface area (Å²) in [4.78, 5) is 0. The van der Waals surface area contributed by atoms with Crippen LogP contribution in [-0.4, -0.2) is 15.4 Å². The molecule has 0 saturated heterocycles. The monoisotopic (exact) mass is 196 g/mol. The fourth-order valence-corrected chi connectivity index (χ4v) is 1.30. The summed E-state index contributed by atoms with van der Waals surface area (Å²) in [5.41, 5.74) is 2.25. The van der Waals surface area contributed by atoms with Crippen molar-refractivity contribution in [1.82, 2.24) is 15.4 Å². The lowest BCUT2D eigenvalue weighted by Crippen LogP contribution is -2.00. The van der Waals surface area contributed by atoms with Gasteiger partial charge >= 0.3 is 0 Å². The number of nitriles is 1. The Labute approximate surface area is 87.2 Å². The van der Waals surface area contributed by atoms with Crippen LogP contribution in [0.25, 0.3) is 0 Å². The second-order valence-electron chi connectivity index (χ2n) is 3.07. The van der Waals surface area contributed by atoms with Gasteiger partial charge in [-0.2, -0.15) is 5.26 Å². The fourth-order valence-electron chi connectivity index (χ4n) is 1.30. The van der Waals surface area contributed by atoms with Crippen molar-refractivity contribution in [3.05, 3.63) is 53.3 Å². The zero-order valence-electron chi connectivity index (χ0n) is 7.96. The Morgan fingerprint density at radius 2 is 2.00 bits per heavy atom. The Balaban J connectivity index is 2.29. The minimum absolute atomic E-state index is 0.480. The van der Waals surface area contributed by atoms with Crippen LogP contribution in [-0.2, 0) is 6.42 Å². The van der Waals surface area contributed by atoms with Crippen LogP contribution in [0.4, 0.5) is 0 Å². The van der Waals surface area contributed by atoms with E-state index in [9.17, 15) is 0 Å². The van der Waals surface area contributed by atoms with E-state index in [-0.39, 0.29) is 0 Å². The number of nitrogens with zero attached hydrogens (tertiary/aromatic N) is 4. The Bertz CT molecular complexity index is 487. The van der Waals surface area contributed by atoms with Crippen molar-refractivity contribution < 1.29 is 0 Å². The smallest absolute Gasteiger partial charge is 0.103 e. The van der Waals surface area contributed by atoms with Crippen LogP contribution in [0.5, 0.6) is 0 Å². The molecular formula is C11H8N4. The summed E-state index contributed by atoms with van der Waals surface area (Å²) in [5, 5.41) is 19.8. The van der Waals surface area contributed by atoms with Gasteiger partial charge in [-0.25, -0.2) is 0 Å². The van der Waals surface area contributed by atoms with E-state index in [4.69, 9.17) is 5.26 Å². The van der Waals surface area contributed by atoms with E-state index < -0.39 is 0 Å². The summed E-state index contributed by atoms with van der Waals surface area (Å²) >= 11 is 0. The lowest BCUT2D eigenvalue weighted by atomic mass is 10.1. The average molecular weight is 196 g/mol. The van der Waals surface area contributed by atoms with Crippen LogP contribution in [0.2, 0.25) is 0 Å². The van der Waals surface area contributed by atoms with Gasteiger partial charge in [-0.1, -0.05) is 30.3 Å². The molecule has 4 heteroatoms. The third kappa shape index (κ3) is 2.15. The molecular weight excluding hydrogens is 188 g/mol. The first-order chi connectivity index (χ1) is 7.40. The normalized spacial score (nSPS) is 9.53. The number of hydrogen-bond donors (Lipinski definition) is 0. The zero-order chi connectivity index (χ0) is 10.5. The van der Waals surface area contributed by atoms with Crippen molar-refractivity contribution in [3.8, 4) is 6.07 Å². The van der Waals surface area contributed by atoms with Crippen LogP contribution in [0.3, 0.4) is 0 Å². The predicted molar refractivity (Wildman–Crippen MR) is 53.8 cm³/mol. The molecule has 0 unspecified atom stereocenters. The van der Waals surface area contributed by atoms with Gasteiger partial charge in [0.05, 0.1) is 17.5 Å². The maximum atomic E-state index is 8.84. The van der Waals surface area contributed by atoms with Gasteiger partial charge in [0.1, 0.15) is 6.07 Å². The molecule has 0 spiro atoms. The highest BCUT2D eigenvalue weighted by molar-refractivity contribution is 5.33. The van der Waals surface area contributed by atoms with E-state index in [1.807, 2.05) is 30.3 Å². The van der Waals surface area contributed by atoms with Crippen LogP contribution in [0.1, 0.15) is 16.8 Å². The van der Waals surface area contributed by atoms with Crippen molar-refractivity contribution in [2.45, 2.75) is 6.42 Å². The molecule has 0 radical (unpaired) electrons. The molecule has 15 heavy (non-hydrogen) atoms. The van der Waals surface area contributed by atoms with E-state index in [1.54, 1.807) is 0 Å². The van der Waals surface area contributed by atoms with E-state index >= 15 is 0 Å². The summed E-state index contributed by atoms with van der Waals surface area (Å²) in [7, 11) is 0. The highest BCUT2D eigenvalue weighted by atomic mass is 15.3. The fraction of sp³-hybridized carbons (Fsp3) is 0.0909. The molecule has 1 aromatic heterocycles. The van der Waals surface area contributed by atoms with Crippen molar-refractivity contribution in [3.63, 3.8) is 0 Å². The van der Waals surface area contributed by atoms with Crippen LogP contribution < -0.4 is 0 Å². The molecule has 0 bridgehead atoms. The molecule has 0 saturated carbocycles. The van der Waals surface area contributed by atoms with Gasteiger partial charge in [-0.15, -0.1) is 10.2 Å². The molecule has 0 amide bonds. The zero-order valence-corrected chi connectivity index (χ0v) is 7.96. The molecule has 1 aromatic carbocycles. The van der Waals surface area contributed by atoms with E-state index in [2.05, 4.69) is 21.5 Å². The predicted octanol–water partition coefficient (Wildman–Crippen LogP) is 1.33. The first-order valence-corrected chi connectivity index (χ1v) is 4.51. The van der Waals surface area contributed by atoms with E-state index in [0.717, 1.165) is 5.56 Å². The summed E-state index contributed by atoms with van der Waals surface area (Å²) in [6, 6.07) is 11.9. The molecule has 4 nitrogen and oxygen atoms in total. The van der Waals surface area contributed by atoms with Gasteiger partial charge in [0.25, 0.3) is 0 Å². The van der Waals surface area contributed by atoms with Gasteiger partial charge in [-0.3, -0.25) is 0 Å². The Kier molecular flexibility index (Phi) is 2.65. The minimum Gasteiger partial charge on any atom is -0.192 e. The number of hydrogen-bond acceptors (Lipinski definition) is 4. The minimum atomic E-state index is 0.480. The van der Waals surface area contributed by atoms with Crippen LogP contribution >= 0.6 is 0 Å². The first kappa shape index (κ1) is 9.28. The third-order valence-corrected chi connectivity index (χ3v) is 2.05. The summed E-state index contributed by atoms with van der Waals surface area (Å²) in [6.07, 6.45) is 2.05. The van der Waals surface area contributed by atoms with Gasteiger partial charge in [0.2, 0.25) is 0 Å². The van der Waals surface area contributed by atoms with Crippen molar-refractivity contribution in [2.24, 2.45) is 0 Å². The Hall–Kier alpha value is -2.28. The van der Waals surface area contributed by atoms with Gasteiger partial charge in [0, 0.05) is 6.42 Å². The molecule has 72 valence electrons. The third-order valence-electron chi connectivity index (χ3n) is 2.05. The molecule has 0 aliphatic heterocycles. The van der Waals surface area contributed by atoms with Gasteiger partial charge in [0.15, 0.2) is 0 Å². The standard InChI is InChI=1S/C11H8N4/c12-7-10-8-13-15-14-11(10)6-9-4-2-1-3-5-9/h1-5,8H,6H2. The van der Waals surface area contributed by atoms with Crippen molar-refractivity contribution >= 4 is 0 Å². The summed E-state index contributed by atoms with van der Waals surface area (Å²) in [5.74, 6) is 0. The van der Waals surface area contributed by atoms with Crippen LogP contribution in [0.15, 0.2) is 36.5 Å². The number of benzene rings is 1. The van der Waals surface area contributed by atoms with E-state index in [1.165, 1.54) is 6.20 Å². The van der Waals surface area contributed by atoms with E-state index in [0.29, 0.717) is 17.7 Å². The first-order valence-electron chi connectivity index (χ1n) is 4.51. The van der Waals surface area contributed by atoms with Crippen molar-refractivity contribution in [1.29, 1.82) is 5.26 Å². The van der Waals surface area contributed by atoms with Crippen molar-refractivity contribution in [2.75, 3.05) is 0 Å². The average Bonchev–Trinajstić information content (AvgIpc) is 2.31. The lowest BCUT2D eigenvalue weighted by Gasteiger charge is -2.00. The summed E-state index contributed by atoms with van der Waals surface area (Å²) in [6.45, 7) is 0. The largest absolute Gasteiger partial charge is 0.192 e. The maximum Gasteiger partial charge on any atom is 0.103 e. The molecule has 2 aromatic rings.